The molecule has 0 unspecified atom stereocenters. The van der Waals surface area contributed by atoms with E-state index in [9.17, 15) is 9.59 Å². The van der Waals surface area contributed by atoms with Crippen molar-refractivity contribution in [2.45, 2.75) is 46.2 Å². The molecule has 0 aromatic heterocycles. The summed E-state index contributed by atoms with van der Waals surface area (Å²) in [5.74, 6) is -0.154. The average molecular weight is 352 g/mol. The first-order chi connectivity index (χ1) is 12.5. The standard InChI is InChI=1S/C22H28N2O2/c1-4-13-23-22(26)18(3)24(16-19-10-6-5-7-11-19)21(25)15-20-12-8-9-17(2)14-20/h5-12,14,18H,4,13,15-16H2,1-3H3,(H,23,26)/t18-/m1/s1. The maximum absolute atomic E-state index is 13.0. The summed E-state index contributed by atoms with van der Waals surface area (Å²) in [5, 5.41) is 2.89. The first-order valence-corrected chi connectivity index (χ1v) is 9.18. The number of hydrogen-bond acceptors (Lipinski definition) is 2. The molecular formula is C22H28N2O2. The number of nitrogens with zero attached hydrogens (tertiary/aromatic N) is 1. The highest BCUT2D eigenvalue weighted by molar-refractivity contribution is 5.88. The summed E-state index contributed by atoms with van der Waals surface area (Å²) in [5.41, 5.74) is 3.10. The minimum atomic E-state index is -0.515. The second-order valence-corrected chi connectivity index (χ2v) is 6.64. The van der Waals surface area contributed by atoms with Crippen molar-refractivity contribution < 1.29 is 9.59 Å². The van der Waals surface area contributed by atoms with E-state index in [4.69, 9.17) is 0 Å². The van der Waals surface area contributed by atoms with E-state index in [0.717, 1.165) is 23.1 Å². The fraction of sp³-hybridized carbons (Fsp3) is 0.364. The summed E-state index contributed by atoms with van der Waals surface area (Å²) < 4.78 is 0. The van der Waals surface area contributed by atoms with E-state index in [-0.39, 0.29) is 11.8 Å². The lowest BCUT2D eigenvalue weighted by molar-refractivity contribution is -0.140. The maximum Gasteiger partial charge on any atom is 0.242 e. The van der Waals surface area contributed by atoms with Gasteiger partial charge in [0.2, 0.25) is 11.8 Å². The molecule has 4 heteroatoms. The van der Waals surface area contributed by atoms with E-state index in [1.54, 1.807) is 11.8 Å². The smallest absolute Gasteiger partial charge is 0.242 e. The van der Waals surface area contributed by atoms with Crippen LogP contribution in [0.4, 0.5) is 0 Å². The Kier molecular flexibility index (Phi) is 7.39. The van der Waals surface area contributed by atoms with Crippen molar-refractivity contribution in [3.8, 4) is 0 Å². The molecule has 0 saturated heterocycles. The van der Waals surface area contributed by atoms with Crippen LogP contribution in [0.2, 0.25) is 0 Å². The van der Waals surface area contributed by atoms with Gasteiger partial charge in [0.05, 0.1) is 6.42 Å². The quantitative estimate of drug-likeness (QED) is 0.791. The van der Waals surface area contributed by atoms with Gasteiger partial charge in [-0.05, 0) is 31.4 Å². The highest BCUT2D eigenvalue weighted by atomic mass is 16.2. The Morgan fingerprint density at radius 1 is 1.04 bits per heavy atom. The number of rotatable bonds is 8. The van der Waals surface area contributed by atoms with Gasteiger partial charge in [-0.2, -0.15) is 0 Å². The van der Waals surface area contributed by atoms with E-state index in [1.165, 1.54) is 0 Å². The molecule has 0 saturated carbocycles. The highest BCUT2D eigenvalue weighted by Gasteiger charge is 2.25. The molecule has 26 heavy (non-hydrogen) atoms. The van der Waals surface area contributed by atoms with Gasteiger partial charge in [-0.3, -0.25) is 9.59 Å². The van der Waals surface area contributed by atoms with Crippen LogP contribution in [0.25, 0.3) is 0 Å². The van der Waals surface area contributed by atoms with Crippen molar-refractivity contribution in [2.24, 2.45) is 0 Å². The summed E-state index contributed by atoms with van der Waals surface area (Å²) >= 11 is 0. The molecule has 0 radical (unpaired) electrons. The molecule has 2 rings (SSSR count). The molecule has 0 spiro atoms. The SMILES string of the molecule is CCCNC(=O)[C@@H](C)N(Cc1ccccc1)C(=O)Cc1cccc(C)c1. The van der Waals surface area contributed by atoms with Crippen molar-refractivity contribution >= 4 is 11.8 Å². The largest absolute Gasteiger partial charge is 0.354 e. The zero-order valence-electron chi connectivity index (χ0n) is 15.9. The third kappa shape index (κ3) is 5.73. The predicted octanol–water partition coefficient (Wildman–Crippen LogP) is 3.48. The van der Waals surface area contributed by atoms with E-state index in [2.05, 4.69) is 5.32 Å². The highest BCUT2D eigenvalue weighted by Crippen LogP contribution is 2.13. The number of amides is 2. The molecule has 138 valence electrons. The van der Waals surface area contributed by atoms with Gasteiger partial charge in [-0.25, -0.2) is 0 Å². The Balaban J connectivity index is 2.18. The number of carbonyl (C=O) groups excluding carboxylic acids is 2. The van der Waals surface area contributed by atoms with E-state index in [0.29, 0.717) is 19.5 Å². The second kappa shape index (κ2) is 9.76. The van der Waals surface area contributed by atoms with Crippen molar-refractivity contribution in [1.82, 2.24) is 10.2 Å². The first-order valence-electron chi connectivity index (χ1n) is 9.18. The van der Waals surface area contributed by atoms with Crippen LogP contribution < -0.4 is 5.32 Å². The van der Waals surface area contributed by atoms with Crippen LogP contribution in [0.1, 0.15) is 37.0 Å². The zero-order chi connectivity index (χ0) is 18.9. The molecule has 0 aliphatic heterocycles. The Hall–Kier alpha value is -2.62. The number of carbonyl (C=O) groups is 2. The van der Waals surface area contributed by atoms with Crippen LogP contribution in [-0.4, -0.2) is 29.3 Å². The average Bonchev–Trinajstić information content (AvgIpc) is 2.64. The molecule has 1 atom stereocenters. The third-order valence-corrected chi connectivity index (χ3v) is 4.35. The second-order valence-electron chi connectivity index (χ2n) is 6.64. The summed E-state index contributed by atoms with van der Waals surface area (Å²) in [6.45, 7) is 6.86. The van der Waals surface area contributed by atoms with Crippen molar-refractivity contribution in [2.75, 3.05) is 6.54 Å². The summed E-state index contributed by atoms with van der Waals surface area (Å²) in [6, 6.07) is 17.2. The van der Waals surface area contributed by atoms with E-state index >= 15 is 0 Å². The molecular weight excluding hydrogens is 324 g/mol. The molecule has 1 N–H and O–H groups in total. The molecule has 0 aliphatic carbocycles. The molecule has 2 amide bonds. The molecule has 2 aromatic rings. The number of aryl methyl sites for hydroxylation is 1. The minimum Gasteiger partial charge on any atom is -0.354 e. The monoisotopic (exact) mass is 352 g/mol. The van der Waals surface area contributed by atoms with Gasteiger partial charge in [-0.1, -0.05) is 67.1 Å². The minimum absolute atomic E-state index is 0.0430. The summed E-state index contributed by atoms with van der Waals surface area (Å²) in [4.78, 5) is 27.1. The molecule has 0 heterocycles. The van der Waals surface area contributed by atoms with Gasteiger partial charge in [0.1, 0.15) is 6.04 Å². The lowest BCUT2D eigenvalue weighted by atomic mass is 10.1. The van der Waals surface area contributed by atoms with Gasteiger partial charge in [0, 0.05) is 13.1 Å². The van der Waals surface area contributed by atoms with Crippen LogP contribution in [0.15, 0.2) is 54.6 Å². The molecule has 0 aliphatic rings. The van der Waals surface area contributed by atoms with Crippen molar-refractivity contribution in [3.63, 3.8) is 0 Å². The topological polar surface area (TPSA) is 49.4 Å². The normalized spacial score (nSPS) is 11.7. The fourth-order valence-corrected chi connectivity index (χ4v) is 2.86. The summed E-state index contributed by atoms with van der Waals surface area (Å²) in [6.07, 6.45) is 1.16. The van der Waals surface area contributed by atoms with Gasteiger partial charge in [-0.15, -0.1) is 0 Å². The van der Waals surface area contributed by atoms with Crippen LogP contribution in [0, 0.1) is 6.92 Å². The number of benzene rings is 2. The predicted molar refractivity (Wildman–Crippen MR) is 105 cm³/mol. The van der Waals surface area contributed by atoms with Crippen LogP contribution in [0.5, 0.6) is 0 Å². The Labute approximate surface area is 156 Å². The van der Waals surface area contributed by atoms with E-state index < -0.39 is 6.04 Å². The number of hydrogen-bond donors (Lipinski definition) is 1. The van der Waals surface area contributed by atoms with Crippen molar-refractivity contribution in [3.05, 3.63) is 71.3 Å². The maximum atomic E-state index is 13.0. The lowest BCUT2D eigenvalue weighted by Gasteiger charge is -2.29. The van der Waals surface area contributed by atoms with Crippen LogP contribution in [-0.2, 0) is 22.6 Å². The van der Waals surface area contributed by atoms with Crippen molar-refractivity contribution in [1.29, 1.82) is 0 Å². The van der Waals surface area contributed by atoms with Gasteiger partial charge >= 0.3 is 0 Å². The molecule has 4 nitrogen and oxygen atoms in total. The van der Waals surface area contributed by atoms with Gasteiger partial charge in [0.25, 0.3) is 0 Å². The fourth-order valence-electron chi connectivity index (χ4n) is 2.86. The lowest BCUT2D eigenvalue weighted by Crippen LogP contribution is -2.48. The summed E-state index contributed by atoms with van der Waals surface area (Å²) in [7, 11) is 0. The number of nitrogens with one attached hydrogen (secondary N) is 1. The Morgan fingerprint density at radius 2 is 1.73 bits per heavy atom. The van der Waals surface area contributed by atoms with Crippen LogP contribution >= 0.6 is 0 Å². The van der Waals surface area contributed by atoms with Gasteiger partial charge in [0.15, 0.2) is 0 Å². The van der Waals surface area contributed by atoms with Crippen LogP contribution in [0.3, 0.4) is 0 Å². The molecule has 0 bridgehead atoms. The molecule has 2 aromatic carbocycles. The van der Waals surface area contributed by atoms with E-state index in [1.807, 2.05) is 68.4 Å². The first kappa shape index (κ1) is 19.7. The Bertz CT molecular complexity index is 728. The molecule has 0 fully saturated rings. The Morgan fingerprint density at radius 3 is 2.38 bits per heavy atom. The third-order valence-electron chi connectivity index (χ3n) is 4.35. The zero-order valence-corrected chi connectivity index (χ0v) is 15.9. The van der Waals surface area contributed by atoms with Gasteiger partial charge < -0.3 is 10.2 Å².